The van der Waals surface area contributed by atoms with Crippen LogP contribution in [0.25, 0.3) is 0 Å². The fourth-order valence-electron chi connectivity index (χ4n) is 1.22. The van der Waals surface area contributed by atoms with Gasteiger partial charge in [-0.25, -0.2) is 17.6 Å². The average molecular weight is 241 g/mol. The summed E-state index contributed by atoms with van der Waals surface area (Å²) in [5, 5.41) is -0.986. The monoisotopic (exact) mass is 240 g/mol. The molecule has 0 atom stereocenters. The number of benzene rings is 1. The van der Waals surface area contributed by atoms with Gasteiger partial charge in [0.1, 0.15) is 5.02 Å². The molecule has 1 aromatic carbocycles. The van der Waals surface area contributed by atoms with E-state index in [1.54, 1.807) is 0 Å². The molecule has 0 unspecified atom stereocenters. The second-order valence-electron chi connectivity index (χ2n) is 3.15. The van der Waals surface area contributed by atoms with Gasteiger partial charge in [-0.1, -0.05) is 24.9 Å². The van der Waals surface area contributed by atoms with Crippen LogP contribution in [0.15, 0.2) is 0 Å². The fourth-order valence-corrected chi connectivity index (χ4v) is 1.42. The Morgan fingerprint density at radius 3 is 2.07 bits per heavy atom. The third kappa shape index (κ3) is 2.25. The van der Waals surface area contributed by atoms with Crippen molar-refractivity contribution in [2.75, 3.05) is 0 Å². The lowest BCUT2D eigenvalue weighted by molar-refractivity contribution is 0.424. The van der Waals surface area contributed by atoms with E-state index in [2.05, 4.69) is 0 Å². The molecule has 15 heavy (non-hydrogen) atoms. The molecule has 0 radical (unpaired) electrons. The summed E-state index contributed by atoms with van der Waals surface area (Å²) < 4.78 is 52.0. The molecule has 0 aliphatic rings. The Hall–Kier alpha value is -0.770. The summed E-state index contributed by atoms with van der Waals surface area (Å²) >= 11 is 5.18. The first kappa shape index (κ1) is 12.3. The minimum Gasteiger partial charge on any atom is -0.205 e. The molecule has 0 saturated heterocycles. The molecule has 1 rings (SSSR count). The van der Waals surface area contributed by atoms with Gasteiger partial charge in [-0.15, -0.1) is 0 Å². The quantitative estimate of drug-likeness (QED) is 0.421. The molecule has 0 spiro atoms. The molecule has 0 saturated carbocycles. The van der Waals surface area contributed by atoms with E-state index < -0.39 is 33.9 Å². The molecule has 0 aromatic heterocycles. The summed E-state index contributed by atoms with van der Waals surface area (Å²) in [4.78, 5) is 0. The van der Waals surface area contributed by atoms with Crippen molar-refractivity contribution < 1.29 is 17.6 Å². The maximum absolute atomic E-state index is 13.2. The Bertz CT molecular complexity index is 347. The molecule has 0 fully saturated rings. The van der Waals surface area contributed by atoms with Crippen LogP contribution in [0.3, 0.4) is 0 Å². The first-order valence-corrected chi connectivity index (χ1v) is 4.88. The molecule has 0 aliphatic carbocycles. The summed E-state index contributed by atoms with van der Waals surface area (Å²) in [5.41, 5.74) is -0.485. The number of hydrogen-bond acceptors (Lipinski definition) is 0. The summed E-state index contributed by atoms with van der Waals surface area (Å²) in [5.74, 6) is -6.08. The molecule has 84 valence electrons. The predicted octanol–water partition coefficient (Wildman–Crippen LogP) is 4.24. The number of unbranched alkanes of at least 4 members (excludes halogenated alkanes) is 1. The Labute approximate surface area is 89.9 Å². The molecule has 5 heteroatoms. The number of rotatable bonds is 3. The minimum absolute atomic E-state index is 0.00505. The van der Waals surface area contributed by atoms with Gasteiger partial charge in [-0.2, -0.15) is 0 Å². The Morgan fingerprint density at radius 1 is 0.933 bits per heavy atom. The van der Waals surface area contributed by atoms with E-state index in [4.69, 9.17) is 11.6 Å². The van der Waals surface area contributed by atoms with Crippen molar-refractivity contribution in [3.05, 3.63) is 33.9 Å². The lowest BCUT2D eigenvalue weighted by Crippen LogP contribution is -2.04. The van der Waals surface area contributed by atoms with Crippen molar-refractivity contribution in [1.29, 1.82) is 0 Å². The van der Waals surface area contributed by atoms with Crippen LogP contribution in [0.4, 0.5) is 17.6 Å². The van der Waals surface area contributed by atoms with Crippen LogP contribution < -0.4 is 0 Å². The highest BCUT2D eigenvalue weighted by Crippen LogP contribution is 2.28. The summed E-state index contributed by atoms with van der Waals surface area (Å²) in [6.07, 6.45) is 1.18. The van der Waals surface area contributed by atoms with E-state index in [1.807, 2.05) is 6.92 Å². The number of halogens is 5. The van der Waals surface area contributed by atoms with E-state index in [1.165, 1.54) is 0 Å². The zero-order chi connectivity index (χ0) is 11.6. The first-order chi connectivity index (χ1) is 7.00. The van der Waals surface area contributed by atoms with E-state index in [0.29, 0.717) is 12.8 Å². The molecule has 0 amide bonds. The lowest BCUT2D eigenvalue weighted by atomic mass is 10.1. The minimum atomic E-state index is -1.72. The predicted molar refractivity (Wildman–Crippen MR) is 49.9 cm³/mol. The van der Waals surface area contributed by atoms with Gasteiger partial charge in [0.2, 0.25) is 0 Å². The zero-order valence-electron chi connectivity index (χ0n) is 8.01. The van der Waals surface area contributed by atoms with E-state index in [0.717, 1.165) is 0 Å². The van der Waals surface area contributed by atoms with Crippen molar-refractivity contribution in [3.63, 3.8) is 0 Å². The smallest absolute Gasteiger partial charge is 0.196 e. The van der Waals surface area contributed by atoms with Gasteiger partial charge in [-0.3, -0.25) is 0 Å². The fraction of sp³-hybridized carbons (Fsp3) is 0.400. The third-order valence-corrected chi connectivity index (χ3v) is 2.41. The van der Waals surface area contributed by atoms with Gasteiger partial charge >= 0.3 is 0 Å². The van der Waals surface area contributed by atoms with Gasteiger partial charge in [0.25, 0.3) is 0 Å². The second-order valence-corrected chi connectivity index (χ2v) is 3.53. The normalized spacial score (nSPS) is 10.8. The van der Waals surface area contributed by atoms with Gasteiger partial charge in [-0.05, 0) is 12.8 Å². The topological polar surface area (TPSA) is 0 Å². The van der Waals surface area contributed by atoms with Gasteiger partial charge in [0, 0.05) is 5.56 Å². The molecule has 0 heterocycles. The van der Waals surface area contributed by atoms with Crippen LogP contribution >= 0.6 is 11.6 Å². The lowest BCUT2D eigenvalue weighted by Gasteiger charge is -2.07. The highest BCUT2D eigenvalue weighted by atomic mass is 35.5. The molecule has 0 nitrogen and oxygen atoms in total. The molecule has 0 bridgehead atoms. The van der Waals surface area contributed by atoms with Crippen LogP contribution in [0.1, 0.15) is 25.3 Å². The van der Waals surface area contributed by atoms with Gasteiger partial charge in [0.15, 0.2) is 23.3 Å². The average Bonchev–Trinajstić information content (AvgIpc) is 2.24. The second kappa shape index (κ2) is 4.84. The van der Waals surface area contributed by atoms with Gasteiger partial charge < -0.3 is 0 Å². The van der Waals surface area contributed by atoms with E-state index >= 15 is 0 Å². The maximum atomic E-state index is 13.2. The van der Waals surface area contributed by atoms with E-state index in [9.17, 15) is 17.6 Å². The maximum Gasteiger partial charge on any atom is 0.196 e. The van der Waals surface area contributed by atoms with E-state index in [-0.39, 0.29) is 6.42 Å². The summed E-state index contributed by atoms with van der Waals surface area (Å²) in [6, 6.07) is 0. The standard InChI is InChI=1S/C10H9ClF4/c1-2-3-4-5-7(12)6(11)9(14)10(15)8(5)13/h2-4H2,1H3. The van der Waals surface area contributed by atoms with Crippen molar-refractivity contribution in [2.24, 2.45) is 0 Å². The SMILES string of the molecule is CCCCc1c(F)c(F)c(F)c(Cl)c1F. The van der Waals surface area contributed by atoms with Gasteiger partial charge in [0.05, 0.1) is 0 Å². The highest BCUT2D eigenvalue weighted by molar-refractivity contribution is 6.31. The van der Waals surface area contributed by atoms with Crippen LogP contribution in [0.5, 0.6) is 0 Å². The summed E-state index contributed by atoms with van der Waals surface area (Å²) in [7, 11) is 0. The van der Waals surface area contributed by atoms with Crippen molar-refractivity contribution in [2.45, 2.75) is 26.2 Å². The largest absolute Gasteiger partial charge is 0.205 e. The molecular weight excluding hydrogens is 232 g/mol. The number of hydrogen-bond donors (Lipinski definition) is 0. The Morgan fingerprint density at radius 2 is 1.53 bits per heavy atom. The van der Waals surface area contributed by atoms with Crippen molar-refractivity contribution in [3.8, 4) is 0 Å². The van der Waals surface area contributed by atoms with Crippen molar-refractivity contribution in [1.82, 2.24) is 0 Å². The molecule has 0 N–H and O–H groups in total. The molecular formula is C10H9ClF4. The Kier molecular flexibility index (Phi) is 3.97. The summed E-state index contributed by atoms with van der Waals surface area (Å²) in [6.45, 7) is 1.82. The van der Waals surface area contributed by atoms with Crippen LogP contribution in [0, 0.1) is 23.3 Å². The van der Waals surface area contributed by atoms with Crippen LogP contribution in [-0.2, 0) is 6.42 Å². The highest BCUT2D eigenvalue weighted by Gasteiger charge is 2.23. The van der Waals surface area contributed by atoms with Crippen LogP contribution in [-0.4, -0.2) is 0 Å². The first-order valence-electron chi connectivity index (χ1n) is 4.51. The molecule has 1 aromatic rings. The molecule has 0 aliphatic heterocycles. The van der Waals surface area contributed by atoms with Crippen molar-refractivity contribution >= 4 is 11.6 Å². The zero-order valence-corrected chi connectivity index (χ0v) is 8.77. The third-order valence-electron chi connectivity index (χ3n) is 2.08. The van der Waals surface area contributed by atoms with Crippen LogP contribution in [0.2, 0.25) is 5.02 Å². The Balaban J connectivity index is 3.26.